The molecule has 0 aromatic heterocycles. The molecule has 0 atom stereocenters. The van der Waals surface area contributed by atoms with Crippen molar-refractivity contribution in [2.24, 2.45) is 10.9 Å². The van der Waals surface area contributed by atoms with E-state index in [2.05, 4.69) is 43.0 Å². The van der Waals surface area contributed by atoms with E-state index in [0.29, 0.717) is 6.42 Å². The Hall–Kier alpha value is -1.55. The van der Waals surface area contributed by atoms with Crippen molar-refractivity contribution in [2.45, 2.75) is 33.7 Å². The molecule has 1 aromatic carbocycles. The number of amidine groups is 1. The van der Waals surface area contributed by atoms with Crippen LogP contribution in [0.3, 0.4) is 0 Å². The first-order chi connectivity index (χ1) is 8.43. The van der Waals surface area contributed by atoms with Crippen molar-refractivity contribution in [3.63, 3.8) is 0 Å². The Morgan fingerprint density at radius 3 is 2.33 bits per heavy atom. The predicted octanol–water partition coefficient (Wildman–Crippen LogP) is 2.18. The van der Waals surface area contributed by atoms with Crippen molar-refractivity contribution in [3.05, 3.63) is 34.4 Å². The van der Waals surface area contributed by atoms with Gasteiger partial charge in [-0.25, -0.2) is 0 Å². The van der Waals surface area contributed by atoms with Crippen LogP contribution in [0.4, 0.5) is 0 Å². The van der Waals surface area contributed by atoms with Crippen molar-refractivity contribution >= 4 is 5.84 Å². The van der Waals surface area contributed by atoms with E-state index >= 15 is 0 Å². The number of hydrogen-bond donors (Lipinski definition) is 2. The number of benzene rings is 1. The fourth-order valence-electron chi connectivity index (χ4n) is 2.16. The summed E-state index contributed by atoms with van der Waals surface area (Å²) < 4.78 is 0. The Morgan fingerprint density at radius 1 is 1.28 bits per heavy atom. The van der Waals surface area contributed by atoms with Crippen LogP contribution in [0.2, 0.25) is 0 Å². The zero-order chi connectivity index (χ0) is 13.7. The third-order valence-electron chi connectivity index (χ3n) is 3.15. The van der Waals surface area contributed by atoms with E-state index in [0.717, 1.165) is 13.1 Å². The summed E-state index contributed by atoms with van der Waals surface area (Å²) in [6.07, 6.45) is 0.580. The summed E-state index contributed by atoms with van der Waals surface area (Å²) in [4.78, 5) is 2.18. The van der Waals surface area contributed by atoms with Gasteiger partial charge in [0.15, 0.2) is 0 Å². The highest BCUT2D eigenvalue weighted by atomic mass is 16.4. The van der Waals surface area contributed by atoms with Crippen LogP contribution in [0.15, 0.2) is 17.3 Å². The monoisotopic (exact) mass is 249 g/mol. The highest BCUT2D eigenvalue weighted by Crippen LogP contribution is 2.17. The van der Waals surface area contributed by atoms with Gasteiger partial charge in [-0.05, 0) is 44.5 Å². The van der Waals surface area contributed by atoms with Gasteiger partial charge >= 0.3 is 0 Å². The lowest BCUT2D eigenvalue weighted by atomic mass is 9.99. The first-order valence-corrected chi connectivity index (χ1v) is 6.15. The quantitative estimate of drug-likeness (QED) is 0.364. The maximum Gasteiger partial charge on any atom is 0.140 e. The van der Waals surface area contributed by atoms with Crippen molar-refractivity contribution in [1.82, 2.24) is 4.90 Å². The van der Waals surface area contributed by atoms with Crippen LogP contribution in [0.5, 0.6) is 0 Å². The van der Waals surface area contributed by atoms with Crippen LogP contribution < -0.4 is 5.73 Å². The zero-order valence-corrected chi connectivity index (χ0v) is 11.7. The van der Waals surface area contributed by atoms with Gasteiger partial charge in [-0.3, -0.25) is 0 Å². The van der Waals surface area contributed by atoms with E-state index < -0.39 is 0 Å². The molecule has 0 aliphatic heterocycles. The van der Waals surface area contributed by atoms with Gasteiger partial charge in [-0.1, -0.05) is 22.9 Å². The van der Waals surface area contributed by atoms with Crippen LogP contribution in [0.1, 0.15) is 28.7 Å². The molecule has 100 valence electrons. The van der Waals surface area contributed by atoms with E-state index in [1.54, 1.807) is 0 Å². The molecule has 4 heteroatoms. The number of aryl methyl sites for hydroxylation is 3. The molecule has 0 radical (unpaired) electrons. The molecule has 0 aliphatic carbocycles. The molecule has 3 N–H and O–H groups in total. The van der Waals surface area contributed by atoms with E-state index in [-0.39, 0.29) is 5.84 Å². The number of rotatable bonds is 5. The topological polar surface area (TPSA) is 61.8 Å². The largest absolute Gasteiger partial charge is 0.409 e. The summed E-state index contributed by atoms with van der Waals surface area (Å²) in [5.41, 5.74) is 10.8. The summed E-state index contributed by atoms with van der Waals surface area (Å²) in [7, 11) is 2.05. The molecular formula is C14H23N3O. The number of nitrogens with two attached hydrogens (primary N) is 1. The fourth-order valence-corrected chi connectivity index (χ4v) is 2.16. The molecule has 0 fully saturated rings. The smallest absolute Gasteiger partial charge is 0.140 e. The van der Waals surface area contributed by atoms with Gasteiger partial charge in [0.05, 0.1) is 0 Å². The van der Waals surface area contributed by atoms with Crippen LogP contribution in [0.25, 0.3) is 0 Å². The number of oxime groups is 1. The van der Waals surface area contributed by atoms with Crippen LogP contribution >= 0.6 is 0 Å². The second-order valence-electron chi connectivity index (χ2n) is 4.96. The Morgan fingerprint density at radius 2 is 1.83 bits per heavy atom. The molecule has 0 amide bonds. The van der Waals surface area contributed by atoms with E-state index in [4.69, 9.17) is 10.9 Å². The molecule has 0 saturated carbocycles. The maximum atomic E-state index is 8.50. The molecular weight excluding hydrogens is 226 g/mol. The third kappa shape index (κ3) is 4.04. The molecule has 0 saturated heterocycles. The van der Waals surface area contributed by atoms with Gasteiger partial charge in [-0.2, -0.15) is 0 Å². The molecule has 18 heavy (non-hydrogen) atoms. The summed E-state index contributed by atoms with van der Waals surface area (Å²) >= 11 is 0. The molecule has 0 aliphatic rings. The molecule has 0 unspecified atom stereocenters. The summed E-state index contributed by atoms with van der Waals surface area (Å²) in [5, 5.41) is 11.5. The number of nitrogens with zero attached hydrogens (tertiary/aromatic N) is 2. The Bertz CT molecular complexity index is 418. The Balaban J connectivity index is 2.67. The lowest BCUT2D eigenvalue weighted by Crippen LogP contribution is -2.25. The van der Waals surface area contributed by atoms with E-state index in [1.807, 2.05) is 7.05 Å². The van der Waals surface area contributed by atoms with Gasteiger partial charge in [0, 0.05) is 19.5 Å². The molecule has 1 aromatic rings. The Labute approximate surface area is 109 Å². The summed E-state index contributed by atoms with van der Waals surface area (Å²) in [5.74, 6) is 0.277. The minimum atomic E-state index is 0.277. The van der Waals surface area contributed by atoms with E-state index in [9.17, 15) is 0 Å². The summed E-state index contributed by atoms with van der Waals surface area (Å²) in [6.45, 7) is 8.07. The highest BCUT2D eigenvalue weighted by Gasteiger charge is 2.07. The standard InChI is InChI=1S/C14H23N3O/c1-10-7-11(2)13(12(3)8-10)9-17(4)6-5-14(15)16-18/h7-8,18H,5-6,9H2,1-4H3,(H2,15,16). The number of hydrogen-bond acceptors (Lipinski definition) is 3. The van der Waals surface area contributed by atoms with Gasteiger partial charge < -0.3 is 15.8 Å². The normalized spacial score (nSPS) is 12.2. The minimum absolute atomic E-state index is 0.277. The van der Waals surface area contributed by atoms with Gasteiger partial charge in [0.2, 0.25) is 0 Å². The van der Waals surface area contributed by atoms with Crippen molar-refractivity contribution in [1.29, 1.82) is 0 Å². The maximum absolute atomic E-state index is 8.50. The average molecular weight is 249 g/mol. The highest BCUT2D eigenvalue weighted by molar-refractivity contribution is 5.79. The van der Waals surface area contributed by atoms with Gasteiger partial charge in [-0.15, -0.1) is 0 Å². The minimum Gasteiger partial charge on any atom is -0.409 e. The Kier molecular flexibility index (Phi) is 5.16. The van der Waals surface area contributed by atoms with Gasteiger partial charge in [0.25, 0.3) is 0 Å². The van der Waals surface area contributed by atoms with Crippen molar-refractivity contribution in [2.75, 3.05) is 13.6 Å². The molecule has 1 rings (SSSR count). The first kappa shape index (κ1) is 14.5. The predicted molar refractivity (Wildman–Crippen MR) is 75.0 cm³/mol. The second kappa shape index (κ2) is 6.40. The summed E-state index contributed by atoms with van der Waals surface area (Å²) in [6, 6.07) is 4.42. The second-order valence-corrected chi connectivity index (χ2v) is 4.96. The van der Waals surface area contributed by atoms with Crippen LogP contribution in [-0.4, -0.2) is 29.5 Å². The van der Waals surface area contributed by atoms with Crippen LogP contribution in [0, 0.1) is 20.8 Å². The first-order valence-electron chi connectivity index (χ1n) is 6.15. The third-order valence-corrected chi connectivity index (χ3v) is 3.15. The van der Waals surface area contributed by atoms with Crippen molar-refractivity contribution in [3.8, 4) is 0 Å². The van der Waals surface area contributed by atoms with Crippen LogP contribution in [-0.2, 0) is 6.54 Å². The van der Waals surface area contributed by atoms with Gasteiger partial charge in [0.1, 0.15) is 5.84 Å². The fraction of sp³-hybridized carbons (Fsp3) is 0.500. The lowest BCUT2D eigenvalue weighted by molar-refractivity contribution is 0.309. The zero-order valence-electron chi connectivity index (χ0n) is 11.7. The average Bonchev–Trinajstić information content (AvgIpc) is 2.30. The van der Waals surface area contributed by atoms with Crippen molar-refractivity contribution < 1.29 is 5.21 Å². The molecule has 0 bridgehead atoms. The molecule has 0 spiro atoms. The lowest BCUT2D eigenvalue weighted by Gasteiger charge is -2.19. The molecule has 4 nitrogen and oxygen atoms in total. The SMILES string of the molecule is Cc1cc(C)c(CN(C)CCC(N)=NO)c(C)c1. The molecule has 0 heterocycles. The van der Waals surface area contributed by atoms with E-state index in [1.165, 1.54) is 22.3 Å².